The average molecular weight is 492 g/mol. The van der Waals surface area contributed by atoms with Gasteiger partial charge in [-0.1, -0.05) is 23.7 Å². The number of rotatable bonds is 7. The van der Waals surface area contributed by atoms with Crippen molar-refractivity contribution in [1.82, 2.24) is 14.6 Å². The minimum Gasteiger partial charge on any atom is -0.490 e. The van der Waals surface area contributed by atoms with Gasteiger partial charge in [0.25, 0.3) is 0 Å². The summed E-state index contributed by atoms with van der Waals surface area (Å²) in [7, 11) is -3.75. The second-order valence-electron chi connectivity index (χ2n) is 7.96. The predicted molar refractivity (Wildman–Crippen MR) is 125 cm³/mol. The molecular formula is C23H26ClN3O5S. The van der Waals surface area contributed by atoms with Crippen molar-refractivity contribution in [2.75, 3.05) is 19.7 Å². The second-order valence-corrected chi connectivity index (χ2v) is 10.2. The third-order valence-corrected chi connectivity index (χ3v) is 8.12. The molecule has 1 atom stereocenters. The summed E-state index contributed by atoms with van der Waals surface area (Å²) in [5, 5.41) is 3.86. The molecule has 1 fully saturated rings. The highest BCUT2D eigenvalue weighted by molar-refractivity contribution is 7.89. The number of hydrogen-bond donors (Lipinski definition) is 1. The highest BCUT2D eigenvalue weighted by atomic mass is 35.5. The first-order valence-corrected chi connectivity index (χ1v) is 12.7. The Balaban J connectivity index is 1.39. The van der Waals surface area contributed by atoms with Gasteiger partial charge in [-0.05, 0) is 51.0 Å². The lowest BCUT2D eigenvalue weighted by Crippen LogP contribution is -2.43. The molecule has 0 bridgehead atoms. The predicted octanol–water partition coefficient (Wildman–Crippen LogP) is 4.16. The van der Waals surface area contributed by atoms with Gasteiger partial charge in [-0.25, -0.2) is 13.4 Å². The number of hydrogen-bond acceptors (Lipinski definition) is 6. The number of fused-ring (bicyclic) bond motifs is 1. The van der Waals surface area contributed by atoms with Crippen LogP contribution in [0.3, 0.4) is 0 Å². The number of carbonyl (C=O) groups excluding carboxylic acids is 1. The van der Waals surface area contributed by atoms with Crippen molar-refractivity contribution in [3.63, 3.8) is 0 Å². The monoisotopic (exact) mass is 491 g/mol. The number of nitrogens with zero attached hydrogens (tertiary/aromatic N) is 2. The Morgan fingerprint density at radius 3 is 2.76 bits per heavy atom. The van der Waals surface area contributed by atoms with E-state index in [1.807, 2.05) is 38.1 Å². The Morgan fingerprint density at radius 2 is 2.06 bits per heavy atom. The van der Waals surface area contributed by atoms with Gasteiger partial charge in [0.15, 0.2) is 11.3 Å². The molecule has 0 radical (unpaired) electrons. The van der Waals surface area contributed by atoms with E-state index in [-0.39, 0.29) is 41.0 Å². The Morgan fingerprint density at radius 1 is 1.30 bits per heavy atom. The van der Waals surface area contributed by atoms with E-state index < -0.39 is 10.0 Å². The summed E-state index contributed by atoms with van der Waals surface area (Å²) in [6, 6.07) is 10.2. The maximum absolute atomic E-state index is 12.9. The lowest BCUT2D eigenvalue weighted by Gasteiger charge is -2.31. The molecule has 2 aromatic heterocycles. The Hall–Kier alpha value is -2.62. The number of amides is 1. The van der Waals surface area contributed by atoms with Crippen LogP contribution in [-0.4, -0.2) is 43.3 Å². The van der Waals surface area contributed by atoms with Crippen molar-refractivity contribution in [2.24, 2.45) is 5.92 Å². The van der Waals surface area contributed by atoms with Gasteiger partial charge in [0.2, 0.25) is 15.9 Å². The molecule has 1 aromatic carbocycles. The van der Waals surface area contributed by atoms with Gasteiger partial charge in [0.05, 0.1) is 12.6 Å². The van der Waals surface area contributed by atoms with Crippen molar-refractivity contribution in [2.45, 2.75) is 37.6 Å². The molecule has 4 rings (SSSR count). The zero-order valence-electron chi connectivity index (χ0n) is 18.5. The number of pyridine rings is 1. The smallest absolute Gasteiger partial charge is 0.246 e. The van der Waals surface area contributed by atoms with E-state index >= 15 is 0 Å². The largest absolute Gasteiger partial charge is 0.490 e. The van der Waals surface area contributed by atoms with Gasteiger partial charge in [0.1, 0.15) is 15.8 Å². The lowest BCUT2D eigenvalue weighted by atomic mass is 9.97. The number of sulfonamides is 1. The summed E-state index contributed by atoms with van der Waals surface area (Å²) in [6.07, 6.45) is 2.29. The van der Waals surface area contributed by atoms with E-state index in [0.29, 0.717) is 36.5 Å². The van der Waals surface area contributed by atoms with Gasteiger partial charge in [-0.15, -0.1) is 0 Å². The van der Waals surface area contributed by atoms with Gasteiger partial charge in [0, 0.05) is 30.6 Å². The molecule has 1 aliphatic heterocycles. The molecule has 1 saturated heterocycles. The SMILES string of the molecule is CCOc1cccc2cc(C(C)NC(=O)C3CCN(S(=O)(=O)c4cccnc4Cl)CC3)oc12. The van der Waals surface area contributed by atoms with Crippen LogP contribution in [0, 0.1) is 5.92 Å². The fourth-order valence-electron chi connectivity index (χ4n) is 4.00. The van der Waals surface area contributed by atoms with Crippen LogP contribution >= 0.6 is 11.6 Å². The molecule has 0 saturated carbocycles. The number of benzene rings is 1. The number of para-hydroxylation sites is 1. The molecular weight excluding hydrogens is 466 g/mol. The van der Waals surface area contributed by atoms with Crippen LogP contribution in [-0.2, 0) is 14.8 Å². The fourth-order valence-corrected chi connectivity index (χ4v) is 5.90. The van der Waals surface area contributed by atoms with Crippen LogP contribution in [0.15, 0.2) is 51.9 Å². The van der Waals surface area contributed by atoms with Crippen molar-refractivity contribution in [3.8, 4) is 5.75 Å². The molecule has 1 unspecified atom stereocenters. The lowest BCUT2D eigenvalue weighted by molar-refractivity contribution is -0.126. The second kappa shape index (κ2) is 9.70. The average Bonchev–Trinajstić information content (AvgIpc) is 3.25. The molecule has 0 spiro atoms. The Labute approximate surface area is 197 Å². The number of halogens is 1. The summed E-state index contributed by atoms with van der Waals surface area (Å²) in [4.78, 5) is 16.7. The first kappa shape index (κ1) is 23.5. The summed E-state index contributed by atoms with van der Waals surface area (Å²) in [5.41, 5.74) is 0.656. The summed E-state index contributed by atoms with van der Waals surface area (Å²) < 4.78 is 38.7. The number of nitrogens with one attached hydrogen (secondary N) is 1. The summed E-state index contributed by atoms with van der Waals surface area (Å²) in [6.45, 7) is 4.78. The number of carbonyl (C=O) groups is 1. The standard InChI is InChI=1S/C23H26ClN3O5S/c1-3-31-18-7-4-6-17-14-19(32-21(17)18)15(2)26-23(28)16-9-12-27(13-10-16)33(29,30)20-8-5-11-25-22(20)24/h4-8,11,14-16H,3,9-10,12-13H2,1-2H3,(H,26,28). The first-order valence-electron chi connectivity index (χ1n) is 10.9. The van der Waals surface area contributed by atoms with E-state index in [2.05, 4.69) is 10.3 Å². The molecule has 1 aliphatic rings. The molecule has 10 heteroatoms. The highest BCUT2D eigenvalue weighted by Gasteiger charge is 2.34. The fraction of sp³-hybridized carbons (Fsp3) is 0.391. The van der Waals surface area contributed by atoms with E-state index in [1.165, 1.54) is 22.6 Å². The van der Waals surface area contributed by atoms with Gasteiger partial charge in [-0.3, -0.25) is 4.79 Å². The zero-order valence-corrected chi connectivity index (χ0v) is 20.0. The van der Waals surface area contributed by atoms with Crippen molar-refractivity contribution < 1.29 is 22.4 Å². The number of ether oxygens (including phenoxy) is 1. The molecule has 8 nitrogen and oxygen atoms in total. The van der Waals surface area contributed by atoms with E-state index in [4.69, 9.17) is 20.8 Å². The number of piperidine rings is 1. The van der Waals surface area contributed by atoms with Crippen LogP contribution in [0.4, 0.5) is 0 Å². The molecule has 33 heavy (non-hydrogen) atoms. The molecule has 176 valence electrons. The summed E-state index contributed by atoms with van der Waals surface area (Å²) in [5.74, 6) is 0.898. The van der Waals surface area contributed by atoms with Crippen molar-refractivity contribution >= 4 is 38.5 Å². The molecule has 1 N–H and O–H groups in total. The normalized spacial score (nSPS) is 16.6. The third kappa shape index (κ3) is 4.85. The molecule has 3 heterocycles. The van der Waals surface area contributed by atoms with E-state index in [0.717, 1.165) is 5.39 Å². The van der Waals surface area contributed by atoms with Gasteiger partial charge < -0.3 is 14.5 Å². The van der Waals surface area contributed by atoms with Gasteiger partial charge >= 0.3 is 0 Å². The van der Waals surface area contributed by atoms with Crippen LogP contribution in [0.2, 0.25) is 5.15 Å². The van der Waals surface area contributed by atoms with Crippen LogP contribution in [0.25, 0.3) is 11.0 Å². The maximum atomic E-state index is 12.9. The van der Waals surface area contributed by atoms with Crippen LogP contribution < -0.4 is 10.1 Å². The van der Waals surface area contributed by atoms with Crippen LogP contribution in [0.5, 0.6) is 5.75 Å². The first-order chi connectivity index (χ1) is 15.8. The van der Waals surface area contributed by atoms with Crippen molar-refractivity contribution in [1.29, 1.82) is 0 Å². The van der Waals surface area contributed by atoms with E-state index in [1.54, 1.807) is 0 Å². The van der Waals surface area contributed by atoms with Crippen molar-refractivity contribution in [3.05, 3.63) is 53.5 Å². The summed E-state index contributed by atoms with van der Waals surface area (Å²) >= 11 is 5.98. The minimum atomic E-state index is -3.75. The Bertz CT molecular complexity index is 1250. The number of aromatic nitrogens is 1. The molecule has 1 amide bonds. The highest BCUT2D eigenvalue weighted by Crippen LogP contribution is 2.32. The quantitative estimate of drug-likeness (QED) is 0.498. The van der Waals surface area contributed by atoms with E-state index in [9.17, 15) is 13.2 Å². The maximum Gasteiger partial charge on any atom is 0.246 e. The topological polar surface area (TPSA) is 102 Å². The number of furan rings is 1. The molecule has 0 aliphatic carbocycles. The van der Waals surface area contributed by atoms with Crippen LogP contribution in [0.1, 0.15) is 38.5 Å². The Kier molecular flexibility index (Phi) is 6.92. The minimum absolute atomic E-state index is 0.0144. The zero-order chi connectivity index (χ0) is 23.6. The van der Waals surface area contributed by atoms with Gasteiger partial charge in [-0.2, -0.15) is 4.31 Å². The third-order valence-electron chi connectivity index (χ3n) is 5.78. The molecule has 3 aromatic rings.